The standard InChI is InChI=1S/C20H22N6O6/c1-4-32-14-7-5-6-12(16(14)27)15-11-8-9-23-17(28)21(2)19(30)25(23)13(11)10-24-18(29)22(3)20(31)26(15)24/h5-8,13,15,27H,4,9-10H2,1-3H3. The van der Waals surface area contributed by atoms with Crippen molar-refractivity contribution in [2.24, 2.45) is 14.1 Å². The lowest BCUT2D eigenvalue weighted by Crippen LogP contribution is -2.46. The van der Waals surface area contributed by atoms with Crippen LogP contribution in [0.3, 0.4) is 0 Å². The molecule has 2 atom stereocenters. The average molecular weight is 442 g/mol. The minimum Gasteiger partial charge on any atom is -0.504 e. The van der Waals surface area contributed by atoms with Crippen LogP contribution >= 0.6 is 0 Å². The summed E-state index contributed by atoms with van der Waals surface area (Å²) in [4.78, 5) is 51.2. The highest BCUT2D eigenvalue weighted by atomic mass is 16.5. The number of hydrogen-bond donors (Lipinski definition) is 1. The third-order valence-corrected chi connectivity index (χ3v) is 6.21. The molecule has 12 heteroatoms. The van der Waals surface area contributed by atoms with E-state index in [9.17, 15) is 24.3 Å². The number of nitrogens with zero attached hydrogens (tertiary/aromatic N) is 6. The van der Waals surface area contributed by atoms with Crippen molar-refractivity contribution in [2.45, 2.75) is 32.1 Å². The number of aromatic hydroxyl groups is 1. The third-order valence-electron chi connectivity index (χ3n) is 6.21. The normalized spacial score (nSPS) is 19.2. The Morgan fingerprint density at radius 1 is 0.969 bits per heavy atom. The minimum absolute atomic E-state index is 0.00742. The van der Waals surface area contributed by atoms with E-state index in [0.717, 1.165) is 9.13 Å². The number of allylic oxidation sites excluding steroid dienone is 2. The van der Waals surface area contributed by atoms with Crippen molar-refractivity contribution >= 4 is 0 Å². The Morgan fingerprint density at radius 2 is 1.62 bits per heavy atom. The molecule has 0 saturated carbocycles. The van der Waals surface area contributed by atoms with Gasteiger partial charge < -0.3 is 9.84 Å². The molecular formula is C20H22N6O6. The Kier molecular flexibility index (Phi) is 4.23. The van der Waals surface area contributed by atoms with Crippen LogP contribution in [-0.4, -0.2) is 39.6 Å². The van der Waals surface area contributed by atoms with Crippen molar-refractivity contribution in [3.8, 4) is 11.5 Å². The number of rotatable bonds is 3. The Morgan fingerprint density at radius 3 is 2.31 bits per heavy atom. The van der Waals surface area contributed by atoms with Gasteiger partial charge >= 0.3 is 22.8 Å². The predicted molar refractivity (Wildman–Crippen MR) is 112 cm³/mol. The van der Waals surface area contributed by atoms with Crippen molar-refractivity contribution in [3.63, 3.8) is 0 Å². The molecule has 0 aliphatic carbocycles. The van der Waals surface area contributed by atoms with E-state index < -0.39 is 34.8 Å². The smallest absolute Gasteiger partial charge is 0.347 e. The summed E-state index contributed by atoms with van der Waals surface area (Å²) >= 11 is 0. The minimum atomic E-state index is -0.869. The highest BCUT2D eigenvalue weighted by Gasteiger charge is 2.41. The quantitative estimate of drug-likeness (QED) is 0.513. The van der Waals surface area contributed by atoms with Gasteiger partial charge in [0.25, 0.3) is 0 Å². The summed E-state index contributed by atoms with van der Waals surface area (Å²) in [6, 6.07) is 3.39. The van der Waals surface area contributed by atoms with Gasteiger partial charge in [0.2, 0.25) is 0 Å². The molecule has 168 valence electrons. The fourth-order valence-corrected chi connectivity index (χ4v) is 4.69. The first-order chi connectivity index (χ1) is 15.3. The topological polar surface area (TPSA) is 127 Å². The van der Waals surface area contributed by atoms with Gasteiger partial charge in [-0.3, -0.25) is 0 Å². The molecular weight excluding hydrogens is 420 g/mol. The van der Waals surface area contributed by atoms with Gasteiger partial charge in [0, 0.05) is 19.7 Å². The van der Waals surface area contributed by atoms with Crippen molar-refractivity contribution in [2.75, 3.05) is 6.61 Å². The van der Waals surface area contributed by atoms with Crippen LogP contribution in [0.2, 0.25) is 0 Å². The molecule has 32 heavy (non-hydrogen) atoms. The van der Waals surface area contributed by atoms with Gasteiger partial charge in [0.15, 0.2) is 11.5 Å². The Bertz CT molecular complexity index is 1520. The zero-order valence-electron chi connectivity index (χ0n) is 17.8. The molecule has 2 unspecified atom stereocenters. The molecule has 3 aromatic rings. The molecule has 2 aromatic heterocycles. The molecule has 0 amide bonds. The van der Waals surface area contributed by atoms with Gasteiger partial charge in [-0.15, -0.1) is 0 Å². The van der Waals surface area contributed by atoms with E-state index in [0.29, 0.717) is 17.7 Å². The van der Waals surface area contributed by atoms with Crippen LogP contribution < -0.4 is 27.5 Å². The van der Waals surface area contributed by atoms with Crippen LogP contribution in [-0.2, 0) is 27.2 Å². The summed E-state index contributed by atoms with van der Waals surface area (Å²) in [5.74, 6) is 0.0919. The second-order valence-electron chi connectivity index (χ2n) is 7.85. The fourth-order valence-electron chi connectivity index (χ4n) is 4.69. The van der Waals surface area contributed by atoms with Crippen molar-refractivity contribution in [1.82, 2.24) is 27.9 Å². The number of fused-ring (bicyclic) bond motifs is 4. The molecule has 0 saturated heterocycles. The van der Waals surface area contributed by atoms with Crippen molar-refractivity contribution in [3.05, 3.63) is 77.3 Å². The molecule has 2 aliphatic rings. The third kappa shape index (κ3) is 2.43. The second kappa shape index (κ2) is 6.77. The molecule has 12 nitrogen and oxygen atoms in total. The maximum absolute atomic E-state index is 13.0. The highest BCUT2D eigenvalue weighted by Crippen LogP contribution is 2.43. The SMILES string of the molecule is CCOc1cccc(C2C3=CCn4c(=O)n(C)c(=O)n4C3Cn3c(=O)n(C)c(=O)n32)c1O. The Labute approximate surface area is 180 Å². The molecule has 0 fully saturated rings. The molecule has 1 N–H and O–H groups in total. The number of phenols is 1. The van der Waals surface area contributed by atoms with Crippen LogP contribution in [0.5, 0.6) is 11.5 Å². The molecule has 1 aromatic carbocycles. The number of ether oxygens (including phenoxy) is 1. The summed E-state index contributed by atoms with van der Waals surface area (Å²) < 4.78 is 12.7. The first kappa shape index (κ1) is 20.0. The maximum atomic E-state index is 13.0. The number of aromatic nitrogens is 6. The lowest BCUT2D eigenvalue weighted by molar-refractivity contribution is 0.242. The van der Waals surface area contributed by atoms with Gasteiger partial charge in [-0.25, -0.2) is 47.0 Å². The molecule has 2 aliphatic heterocycles. The molecule has 0 spiro atoms. The van der Waals surface area contributed by atoms with Crippen LogP contribution in [0, 0.1) is 0 Å². The monoisotopic (exact) mass is 442 g/mol. The summed E-state index contributed by atoms with van der Waals surface area (Å²) in [5.41, 5.74) is -1.10. The maximum Gasteiger partial charge on any atom is 0.347 e. The van der Waals surface area contributed by atoms with E-state index in [4.69, 9.17) is 4.74 Å². The van der Waals surface area contributed by atoms with Crippen molar-refractivity contribution < 1.29 is 9.84 Å². The van der Waals surface area contributed by atoms with Gasteiger partial charge in [-0.2, -0.15) is 0 Å². The Hall–Kier alpha value is -3.96. The number of para-hydroxylation sites is 1. The number of hydrogen-bond acceptors (Lipinski definition) is 6. The average Bonchev–Trinajstić information content (AvgIpc) is 3.14. The number of phenolic OH excluding ortho intramolecular Hbond substituents is 1. The first-order valence-corrected chi connectivity index (χ1v) is 10.2. The number of benzene rings is 1. The van der Waals surface area contributed by atoms with E-state index in [1.54, 1.807) is 31.2 Å². The van der Waals surface area contributed by atoms with Gasteiger partial charge in [0.05, 0.1) is 25.7 Å². The van der Waals surface area contributed by atoms with E-state index in [2.05, 4.69) is 0 Å². The van der Waals surface area contributed by atoms with Crippen molar-refractivity contribution in [1.29, 1.82) is 0 Å². The largest absolute Gasteiger partial charge is 0.504 e. The predicted octanol–water partition coefficient (Wildman–Crippen LogP) is -1.10. The lowest BCUT2D eigenvalue weighted by Gasteiger charge is -2.37. The lowest BCUT2D eigenvalue weighted by atomic mass is 9.89. The van der Waals surface area contributed by atoms with Gasteiger partial charge in [-0.1, -0.05) is 18.2 Å². The zero-order valence-corrected chi connectivity index (χ0v) is 17.8. The van der Waals surface area contributed by atoms with E-state index in [1.165, 1.54) is 32.8 Å². The first-order valence-electron chi connectivity index (χ1n) is 10.2. The van der Waals surface area contributed by atoms with E-state index in [1.807, 2.05) is 0 Å². The Balaban J connectivity index is 1.83. The molecule has 0 radical (unpaired) electrons. The molecule has 0 bridgehead atoms. The van der Waals surface area contributed by atoms with E-state index in [-0.39, 0.29) is 24.6 Å². The van der Waals surface area contributed by atoms with Gasteiger partial charge in [0.1, 0.15) is 6.04 Å². The summed E-state index contributed by atoms with van der Waals surface area (Å²) in [5, 5.41) is 11.0. The van der Waals surface area contributed by atoms with Gasteiger partial charge in [-0.05, 0) is 18.6 Å². The zero-order chi connectivity index (χ0) is 22.9. The summed E-state index contributed by atoms with van der Waals surface area (Å²) in [6.07, 6.45) is 1.77. The summed E-state index contributed by atoms with van der Waals surface area (Å²) in [7, 11) is 2.77. The highest BCUT2D eigenvalue weighted by molar-refractivity contribution is 5.50. The van der Waals surface area contributed by atoms with Crippen LogP contribution in [0.15, 0.2) is 49.0 Å². The van der Waals surface area contributed by atoms with E-state index >= 15 is 0 Å². The summed E-state index contributed by atoms with van der Waals surface area (Å²) in [6.45, 7) is 2.23. The van der Waals surface area contributed by atoms with Crippen LogP contribution in [0.4, 0.5) is 0 Å². The fraction of sp³-hybridized carbons (Fsp3) is 0.400. The second-order valence-corrected chi connectivity index (χ2v) is 7.85. The van der Waals surface area contributed by atoms with Crippen LogP contribution in [0.1, 0.15) is 24.6 Å². The van der Waals surface area contributed by atoms with Crippen LogP contribution in [0.25, 0.3) is 0 Å². The molecule has 5 rings (SSSR count). The molecule has 4 heterocycles.